The van der Waals surface area contributed by atoms with Crippen molar-refractivity contribution in [2.75, 3.05) is 24.9 Å². The fourth-order valence-corrected chi connectivity index (χ4v) is 7.35. The van der Waals surface area contributed by atoms with Gasteiger partial charge in [-0.15, -0.1) is 23.1 Å². The smallest absolute Gasteiger partial charge is 0.272 e. The fraction of sp³-hybridized carbons (Fsp3) is 0.0732. The molecule has 3 N–H and O–H groups in total. The Labute approximate surface area is 323 Å². The van der Waals surface area contributed by atoms with Crippen LogP contribution in [-0.2, 0) is 9.59 Å². The highest BCUT2D eigenvalue weighted by Crippen LogP contribution is 2.38. The summed E-state index contributed by atoms with van der Waals surface area (Å²) in [6.07, 6.45) is 1.62. The first kappa shape index (κ1) is 37.1. The van der Waals surface area contributed by atoms with Crippen LogP contribution in [0.4, 0.5) is 10.8 Å². The highest BCUT2D eigenvalue weighted by atomic mass is 79.9. The predicted octanol–water partition coefficient (Wildman–Crippen LogP) is 9.47. The molecular formula is C41H33BrN4O5S2. The van der Waals surface area contributed by atoms with Gasteiger partial charge in [0.15, 0.2) is 16.6 Å². The first-order chi connectivity index (χ1) is 25.8. The zero-order valence-electron chi connectivity index (χ0n) is 28.5. The zero-order valence-corrected chi connectivity index (χ0v) is 31.8. The lowest BCUT2D eigenvalue weighted by molar-refractivity contribution is -0.116. The van der Waals surface area contributed by atoms with Crippen molar-refractivity contribution in [1.29, 1.82) is 0 Å². The Kier molecular flexibility index (Phi) is 12.4. The standard InChI is InChI=1S/C41H33BrN4O5S2/c1-50-35-21-16-29(24-36(35)51-2)34-25-52-41(45-34)46-40(49)37(27-11-5-3-6-12-27)53-32-19-17-31(18-20-32)43-39(48)33(23-26-10-9-15-30(42)22-26)44-38(47)28-13-7-4-8-14-28/h3-25,37H,1-2H3,(H,43,48)(H,44,47)(H,45,46,49)/b33-23-. The van der Waals surface area contributed by atoms with E-state index >= 15 is 0 Å². The number of rotatable bonds is 13. The van der Waals surface area contributed by atoms with Crippen LogP contribution < -0.4 is 25.4 Å². The molecule has 0 aliphatic carbocycles. The average Bonchev–Trinajstić information content (AvgIpc) is 3.66. The maximum Gasteiger partial charge on any atom is 0.272 e. The van der Waals surface area contributed by atoms with Gasteiger partial charge in [-0.2, -0.15) is 0 Å². The minimum Gasteiger partial charge on any atom is -0.493 e. The summed E-state index contributed by atoms with van der Waals surface area (Å²) < 4.78 is 11.6. The predicted molar refractivity (Wildman–Crippen MR) is 215 cm³/mol. The summed E-state index contributed by atoms with van der Waals surface area (Å²) in [7, 11) is 3.16. The van der Waals surface area contributed by atoms with Gasteiger partial charge in [0.05, 0.1) is 19.9 Å². The number of carbonyl (C=O) groups is 3. The van der Waals surface area contributed by atoms with Crippen molar-refractivity contribution >= 4 is 73.6 Å². The van der Waals surface area contributed by atoms with E-state index in [0.717, 1.165) is 26.1 Å². The molecule has 6 aromatic rings. The lowest BCUT2D eigenvalue weighted by Crippen LogP contribution is -2.30. The third-order valence-corrected chi connectivity index (χ3v) is 10.3. The van der Waals surface area contributed by atoms with E-state index in [4.69, 9.17) is 9.47 Å². The van der Waals surface area contributed by atoms with Crippen molar-refractivity contribution in [2.45, 2.75) is 10.1 Å². The zero-order chi connectivity index (χ0) is 37.2. The number of halogens is 1. The minimum absolute atomic E-state index is 0.0766. The molecule has 0 fully saturated rings. The molecule has 12 heteroatoms. The van der Waals surface area contributed by atoms with Gasteiger partial charge in [-0.25, -0.2) is 4.98 Å². The molecule has 53 heavy (non-hydrogen) atoms. The lowest BCUT2D eigenvalue weighted by atomic mass is 10.1. The van der Waals surface area contributed by atoms with Crippen LogP contribution in [0.25, 0.3) is 17.3 Å². The Bertz CT molecular complexity index is 2250. The summed E-state index contributed by atoms with van der Waals surface area (Å²) in [5.74, 6) is 0.0648. The molecule has 3 amide bonds. The summed E-state index contributed by atoms with van der Waals surface area (Å²) in [4.78, 5) is 45.8. The van der Waals surface area contributed by atoms with Gasteiger partial charge in [0, 0.05) is 31.6 Å². The molecule has 0 saturated heterocycles. The van der Waals surface area contributed by atoms with Crippen LogP contribution in [0.5, 0.6) is 11.5 Å². The third kappa shape index (κ3) is 9.80. The van der Waals surface area contributed by atoms with Gasteiger partial charge in [0.2, 0.25) is 5.91 Å². The van der Waals surface area contributed by atoms with Crippen LogP contribution in [0, 0.1) is 0 Å². The van der Waals surface area contributed by atoms with E-state index in [1.807, 2.05) is 96.4 Å². The molecule has 0 radical (unpaired) electrons. The van der Waals surface area contributed by atoms with Crippen LogP contribution in [0.2, 0.25) is 0 Å². The summed E-state index contributed by atoms with van der Waals surface area (Å²) in [5, 5.41) is 10.4. The average molecular weight is 806 g/mol. The van der Waals surface area contributed by atoms with Crippen LogP contribution in [-0.4, -0.2) is 36.9 Å². The molecule has 0 spiro atoms. The number of nitrogens with zero attached hydrogens (tertiary/aromatic N) is 1. The number of ether oxygens (including phenoxy) is 2. The van der Waals surface area contributed by atoms with Crippen molar-refractivity contribution in [2.24, 2.45) is 0 Å². The van der Waals surface area contributed by atoms with Gasteiger partial charge in [0.25, 0.3) is 11.8 Å². The van der Waals surface area contributed by atoms with Gasteiger partial charge in [0.1, 0.15) is 10.9 Å². The number of benzene rings is 5. The Morgan fingerprint density at radius 1 is 0.792 bits per heavy atom. The first-order valence-corrected chi connectivity index (χ1v) is 18.8. The Morgan fingerprint density at radius 3 is 2.21 bits per heavy atom. The molecule has 9 nitrogen and oxygen atoms in total. The van der Waals surface area contributed by atoms with Gasteiger partial charge in [-0.3, -0.25) is 14.4 Å². The molecule has 1 unspecified atom stereocenters. The van der Waals surface area contributed by atoms with Crippen molar-refractivity contribution in [1.82, 2.24) is 10.3 Å². The molecule has 0 aliphatic rings. The number of methoxy groups -OCH3 is 2. The maximum atomic E-state index is 13.8. The summed E-state index contributed by atoms with van der Waals surface area (Å²) >= 11 is 6.16. The number of amides is 3. The number of hydrogen-bond donors (Lipinski definition) is 3. The number of nitrogens with one attached hydrogen (secondary N) is 3. The van der Waals surface area contributed by atoms with Crippen LogP contribution in [0.3, 0.4) is 0 Å². The second kappa shape index (κ2) is 17.7. The molecule has 0 bridgehead atoms. The quantitative estimate of drug-likeness (QED) is 0.0787. The van der Waals surface area contributed by atoms with E-state index in [2.05, 4.69) is 36.9 Å². The third-order valence-electron chi connectivity index (χ3n) is 7.81. The van der Waals surface area contributed by atoms with Crippen molar-refractivity contribution in [3.63, 3.8) is 0 Å². The van der Waals surface area contributed by atoms with Crippen molar-refractivity contribution < 1.29 is 23.9 Å². The lowest BCUT2D eigenvalue weighted by Gasteiger charge is -2.17. The largest absolute Gasteiger partial charge is 0.493 e. The molecule has 1 aromatic heterocycles. The van der Waals surface area contributed by atoms with E-state index in [1.165, 1.54) is 23.1 Å². The second-order valence-corrected chi connectivity index (χ2v) is 14.4. The van der Waals surface area contributed by atoms with E-state index in [1.54, 1.807) is 56.7 Å². The normalized spacial score (nSPS) is 11.6. The summed E-state index contributed by atoms with van der Waals surface area (Å²) in [6, 6.07) is 38.3. The highest BCUT2D eigenvalue weighted by molar-refractivity contribution is 9.10. The van der Waals surface area contributed by atoms with Crippen LogP contribution in [0.15, 0.2) is 148 Å². The molecule has 1 heterocycles. The van der Waals surface area contributed by atoms with Gasteiger partial charge < -0.3 is 25.4 Å². The molecule has 266 valence electrons. The Balaban J connectivity index is 1.17. The number of hydrogen-bond acceptors (Lipinski definition) is 8. The molecular weight excluding hydrogens is 773 g/mol. The summed E-state index contributed by atoms with van der Waals surface area (Å²) in [5.41, 5.74) is 4.08. The number of thioether (sulfide) groups is 1. The van der Waals surface area contributed by atoms with Crippen molar-refractivity contribution in [3.05, 3.63) is 160 Å². The van der Waals surface area contributed by atoms with Crippen LogP contribution in [0.1, 0.15) is 26.7 Å². The number of carbonyl (C=O) groups excluding carboxylic acids is 3. The van der Waals surface area contributed by atoms with Gasteiger partial charge >= 0.3 is 0 Å². The van der Waals surface area contributed by atoms with E-state index in [-0.39, 0.29) is 11.6 Å². The maximum absolute atomic E-state index is 13.8. The van der Waals surface area contributed by atoms with E-state index in [9.17, 15) is 14.4 Å². The van der Waals surface area contributed by atoms with Crippen molar-refractivity contribution in [3.8, 4) is 22.8 Å². The van der Waals surface area contributed by atoms with Gasteiger partial charge in [-0.05, 0) is 83.9 Å². The van der Waals surface area contributed by atoms with E-state index in [0.29, 0.717) is 33.6 Å². The Hall–Kier alpha value is -5.69. The minimum atomic E-state index is -0.599. The molecule has 5 aromatic carbocycles. The molecule has 1 atom stereocenters. The molecule has 0 aliphatic heterocycles. The monoisotopic (exact) mass is 804 g/mol. The SMILES string of the molecule is COc1ccc(-c2csc(NC(=O)C(Sc3ccc(NC(=O)/C(=C/c4cccc(Br)c4)NC(=O)c4ccccc4)cc3)c3ccccc3)n2)cc1OC. The first-order valence-electron chi connectivity index (χ1n) is 16.2. The van der Waals surface area contributed by atoms with Gasteiger partial charge in [-0.1, -0.05) is 76.6 Å². The number of thiazole rings is 1. The topological polar surface area (TPSA) is 119 Å². The van der Waals surface area contributed by atoms with Crippen LogP contribution >= 0.6 is 39.0 Å². The fourth-order valence-electron chi connectivity index (χ4n) is 5.19. The number of aromatic nitrogens is 1. The second-order valence-electron chi connectivity index (χ2n) is 11.4. The molecule has 6 rings (SSSR count). The highest BCUT2D eigenvalue weighted by Gasteiger charge is 2.24. The van der Waals surface area contributed by atoms with E-state index < -0.39 is 17.1 Å². The molecule has 0 saturated carbocycles. The Morgan fingerprint density at radius 2 is 1.51 bits per heavy atom. The summed E-state index contributed by atoms with van der Waals surface area (Å²) in [6.45, 7) is 0. The number of anilines is 2.